The number of ether oxygens (including phenoxy) is 2. The predicted molar refractivity (Wildman–Crippen MR) is 62.1 cm³/mol. The van der Waals surface area contributed by atoms with Crippen LogP contribution in [0.4, 0.5) is 5.69 Å². The van der Waals surface area contributed by atoms with Gasteiger partial charge in [-0.3, -0.25) is 4.99 Å². The van der Waals surface area contributed by atoms with Crippen LogP contribution >= 0.6 is 0 Å². The zero-order valence-electron chi connectivity index (χ0n) is 8.93. The molecule has 1 aromatic rings. The van der Waals surface area contributed by atoms with Crippen molar-refractivity contribution >= 4 is 11.4 Å². The summed E-state index contributed by atoms with van der Waals surface area (Å²) >= 11 is 0. The third kappa shape index (κ3) is 1.92. The maximum absolute atomic E-state index is 5.33. The Kier molecular flexibility index (Phi) is 2.56. The number of aliphatic imine (C=N–C) groups is 1. The van der Waals surface area contributed by atoms with E-state index in [0.717, 1.165) is 17.8 Å². The summed E-state index contributed by atoms with van der Waals surface area (Å²) in [5.41, 5.74) is 3.44. The second kappa shape index (κ2) is 4.20. The van der Waals surface area contributed by atoms with Crippen molar-refractivity contribution in [2.24, 2.45) is 4.99 Å². The van der Waals surface area contributed by atoms with Crippen LogP contribution in [-0.2, 0) is 15.9 Å². The van der Waals surface area contributed by atoms with Crippen LogP contribution in [0, 0.1) is 0 Å². The van der Waals surface area contributed by atoms with Gasteiger partial charge in [0.25, 0.3) is 0 Å². The molecule has 0 aromatic heterocycles. The van der Waals surface area contributed by atoms with Crippen LogP contribution in [0.3, 0.4) is 0 Å². The van der Waals surface area contributed by atoms with Crippen LogP contribution in [0.5, 0.6) is 0 Å². The molecule has 0 amide bonds. The van der Waals surface area contributed by atoms with Crippen molar-refractivity contribution < 1.29 is 9.47 Å². The van der Waals surface area contributed by atoms with Crippen LogP contribution in [0.2, 0.25) is 0 Å². The van der Waals surface area contributed by atoms with Gasteiger partial charge < -0.3 is 9.47 Å². The number of nitrogens with zero attached hydrogens (tertiary/aromatic N) is 1. The summed E-state index contributed by atoms with van der Waals surface area (Å²) in [6.45, 7) is 1.36. The topological polar surface area (TPSA) is 30.8 Å². The highest BCUT2D eigenvalue weighted by Crippen LogP contribution is 2.26. The molecule has 1 saturated heterocycles. The summed E-state index contributed by atoms with van der Waals surface area (Å²) in [4.78, 5) is 4.53. The number of hydrogen-bond donors (Lipinski definition) is 0. The predicted octanol–water partition coefficient (Wildman–Crippen LogP) is 2.24. The molecule has 0 bridgehead atoms. The number of rotatable bonds is 2. The highest BCUT2D eigenvalue weighted by molar-refractivity contribution is 6.01. The maximum Gasteiger partial charge on any atom is 0.177 e. The summed E-state index contributed by atoms with van der Waals surface area (Å²) in [6.07, 6.45) is 4.64. The third-order valence-corrected chi connectivity index (χ3v) is 2.72. The monoisotopic (exact) mass is 215 g/mol. The number of para-hydroxylation sites is 1. The molecule has 2 aliphatic heterocycles. The summed E-state index contributed by atoms with van der Waals surface area (Å²) in [6, 6.07) is 8.21. The number of allylic oxidation sites excluding steroid dienone is 1. The van der Waals surface area contributed by atoms with E-state index in [1.54, 1.807) is 0 Å². The van der Waals surface area contributed by atoms with Gasteiger partial charge in [-0.05, 0) is 23.8 Å². The minimum Gasteiger partial charge on any atom is -0.347 e. The van der Waals surface area contributed by atoms with Crippen LogP contribution in [-0.4, -0.2) is 25.2 Å². The molecule has 2 aliphatic rings. The van der Waals surface area contributed by atoms with Crippen LogP contribution in [0.15, 0.2) is 41.4 Å². The lowest BCUT2D eigenvalue weighted by Gasteiger charge is -2.00. The van der Waals surface area contributed by atoms with Gasteiger partial charge in [-0.1, -0.05) is 18.2 Å². The first-order valence-corrected chi connectivity index (χ1v) is 5.49. The van der Waals surface area contributed by atoms with E-state index in [1.807, 2.05) is 30.4 Å². The highest BCUT2D eigenvalue weighted by atomic mass is 16.7. The van der Waals surface area contributed by atoms with Gasteiger partial charge in [-0.2, -0.15) is 0 Å². The van der Waals surface area contributed by atoms with E-state index in [1.165, 1.54) is 5.56 Å². The Labute approximate surface area is 94.4 Å². The molecular weight excluding hydrogens is 202 g/mol. The van der Waals surface area contributed by atoms with Gasteiger partial charge in [-0.15, -0.1) is 0 Å². The van der Waals surface area contributed by atoms with E-state index in [-0.39, 0.29) is 6.29 Å². The average molecular weight is 215 g/mol. The van der Waals surface area contributed by atoms with Crippen molar-refractivity contribution in [3.05, 3.63) is 42.0 Å². The molecule has 0 unspecified atom stereocenters. The van der Waals surface area contributed by atoms with Crippen LogP contribution in [0.1, 0.15) is 5.56 Å². The van der Waals surface area contributed by atoms with Gasteiger partial charge in [0, 0.05) is 12.1 Å². The van der Waals surface area contributed by atoms with Crippen molar-refractivity contribution in [1.82, 2.24) is 0 Å². The maximum atomic E-state index is 5.33. The lowest BCUT2D eigenvalue weighted by Crippen LogP contribution is -2.04. The summed E-state index contributed by atoms with van der Waals surface area (Å²) in [5.74, 6) is 0. The quantitative estimate of drug-likeness (QED) is 0.757. The van der Waals surface area contributed by atoms with Crippen molar-refractivity contribution in [3.8, 4) is 0 Å². The Bertz CT molecular complexity index is 445. The molecule has 0 saturated carbocycles. The molecule has 2 heterocycles. The molecular formula is C13H13NO2. The van der Waals surface area contributed by atoms with Crippen LogP contribution in [0.25, 0.3) is 0 Å². The fraction of sp³-hybridized carbons (Fsp3) is 0.308. The normalized spacial score (nSPS) is 20.4. The van der Waals surface area contributed by atoms with E-state index in [2.05, 4.69) is 11.1 Å². The average Bonchev–Trinajstić information content (AvgIpc) is 2.95. The molecule has 16 heavy (non-hydrogen) atoms. The van der Waals surface area contributed by atoms with Gasteiger partial charge in [-0.25, -0.2) is 0 Å². The molecule has 1 fully saturated rings. The molecule has 0 spiro atoms. The molecule has 0 radical (unpaired) electrons. The van der Waals surface area contributed by atoms with E-state index in [0.29, 0.717) is 13.2 Å². The van der Waals surface area contributed by atoms with E-state index in [9.17, 15) is 0 Å². The second-order valence-corrected chi connectivity index (χ2v) is 3.88. The van der Waals surface area contributed by atoms with E-state index >= 15 is 0 Å². The van der Waals surface area contributed by atoms with Gasteiger partial charge in [0.2, 0.25) is 0 Å². The molecule has 82 valence electrons. The first kappa shape index (κ1) is 9.75. The Morgan fingerprint density at radius 3 is 2.81 bits per heavy atom. The zero-order valence-corrected chi connectivity index (χ0v) is 8.93. The van der Waals surface area contributed by atoms with Crippen molar-refractivity contribution in [1.29, 1.82) is 0 Å². The van der Waals surface area contributed by atoms with Gasteiger partial charge in [0.05, 0.1) is 18.9 Å². The molecule has 0 N–H and O–H groups in total. The Morgan fingerprint density at radius 2 is 2.00 bits per heavy atom. The third-order valence-electron chi connectivity index (χ3n) is 2.72. The lowest BCUT2D eigenvalue weighted by atomic mass is 10.1. The Hall–Kier alpha value is -1.45. The Morgan fingerprint density at radius 1 is 1.19 bits per heavy atom. The van der Waals surface area contributed by atoms with Gasteiger partial charge in [0.15, 0.2) is 6.29 Å². The fourth-order valence-corrected chi connectivity index (χ4v) is 1.93. The van der Waals surface area contributed by atoms with Crippen molar-refractivity contribution in [2.45, 2.75) is 12.7 Å². The molecule has 0 atom stereocenters. The van der Waals surface area contributed by atoms with Crippen molar-refractivity contribution in [3.63, 3.8) is 0 Å². The van der Waals surface area contributed by atoms with Crippen LogP contribution < -0.4 is 0 Å². The largest absolute Gasteiger partial charge is 0.347 e. The van der Waals surface area contributed by atoms with Gasteiger partial charge in [0.1, 0.15) is 0 Å². The fourth-order valence-electron chi connectivity index (χ4n) is 1.93. The summed E-state index contributed by atoms with van der Waals surface area (Å²) < 4.78 is 10.7. The number of fused-ring (bicyclic) bond motifs is 1. The molecule has 3 heteroatoms. The highest BCUT2D eigenvalue weighted by Gasteiger charge is 2.14. The first-order valence-electron chi connectivity index (χ1n) is 5.49. The van der Waals surface area contributed by atoms with E-state index in [4.69, 9.17) is 9.47 Å². The lowest BCUT2D eigenvalue weighted by molar-refractivity contribution is -0.00146. The minimum atomic E-state index is -0.189. The zero-order chi connectivity index (χ0) is 10.8. The molecule has 0 aliphatic carbocycles. The Balaban J connectivity index is 1.70. The first-order chi connectivity index (χ1) is 7.92. The standard InChI is InChI=1S/C13H13NO2/c1-2-4-12-10(3-1)9-11(14-12)5-6-13-15-7-8-16-13/h1-6,13H,7-9H2/b6-5+. The van der Waals surface area contributed by atoms with Crippen molar-refractivity contribution in [2.75, 3.05) is 13.2 Å². The number of benzene rings is 1. The van der Waals surface area contributed by atoms with Gasteiger partial charge >= 0.3 is 0 Å². The summed E-state index contributed by atoms with van der Waals surface area (Å²) in [5, 5.41) is 0. The molecule has 3 rings (SSSR count). The molecule has 1 aromatic carbocycles. The number of hydrogen-bond acceptors (Lipinski definition) is 3. The SMILES string of the molecule is C(=C\C1OCCO1)/C1=Nc2ccccc2C1. The summed E-state index contributed by atoms with van der Waals surface area (Å²) in [7, 11) is 0. The van der Waals surface area contributed by atoms with E-state index < -0.39 is 0 Å². The molecule has 3 nitrogen and oxygen atoms in total. The smallest absolute Gasteiger partial charge is 0.177 e. The second-order valence-electron chi connectivity index (χ2n) is 3.88. The minimum absolute atomic E-state index is 0.189.